The third-order valence-corrected chi connectivity index (χ3v) is 6.81. The van der Waals surface area contributed by atoms with Gasteiger partial charge in [0.25, 0.3) is 0 Å². The number of aryl methyl sites for hydroxylation is 1. The fraction of sp³-hybridized carbons (Fsp3) is 0.440. The van der Waals surface area contributed by atoms with Crippen molar-refractivity contribution in [2.24, 2.45) is 13.0 Å². The molecule has 0 aliphatic carbocycles. The fourth-order valence-corrected chi connectivity index (χ4v) is 5.02. The lowest BCUT2D eigenvalue weighted by molar-refractivity contribution is -0.137. The van der Waals surface area contributed by atoms with Gasteiger partial charge in [0.05, 0.1) is 23.5 Å². The first-order chi connectivity index (χ1) is 15.2. The highest BCUT2D eigenvalue weighted by molar-refractivity contribution is 5.79. The second-order valence-electron chi connectivity index (χ2n) is 8.80. The van der Waals surface area contributed by atoms with Crippen molar-refractivity contribution >= 4 is 22.6 Å². The zero-order valence-electron chi connectivity index (χ0n) is 18.3. The molecule has 0 N–H and O–H groups in total. The summed E-state index contributed by atoms with van der Waals surface area (Å²) >= 11 is 0. The zero-order chi connectivity index (χ0) is 21.2. The molecule has 0 unspecified atom stereocenters. The van der Waals surface area contributed by atoms with Gasteiger partial charge in [-0.2, -0.15) is 0 Å². The summed E-state index contributed by atoms with van der Waals surface area (Å²) in [5.41, 5.74) is 3.46. The molecular formula is C25H31N5O. The SMILES string of the molecule is Cn1c(CN2CCC[C@@H](C(=O)N3CCN(c4ccccc4)CC3)C2)nc2ccccc21. The Bertz CT molecular complexity index is 1040. The second-order valence-corrected chi connectivity index (χ2v) is 8.80. The molecule has 31 heavy (non-hydrogen) atoms. The number of aromatic nitrogens is 2. The Morgan fingerprint density at radius 3 is 2.48 bits per heavy atom. The van der Waals surface area contributed by atoms with Gasteiger partial charge >= 0.3 is 0 Å². The van der Waals surface area contributed by atoms with Crippen molar-refractivity contribution in [3.8, 4) is 0 Å². The number of para-hydroxylation sites is 3. The van der Waals surface area contributed by atoms with Crippen LogP contribution in [-0.4, -0.2) is 64.5 Å². The Morgan fingerprint density at radius 2 is 1.71 bits per heavy atom. The van der Waals surface area contributed by atoms with E-state index in [-0.39, 0.29) is 5.92 Å². The van der Waals surface area contributed by atoms with Crippen LogP contribution < -0.4 is 4.90 Å². The number of piperazine rings is 1. The van der Waals surface area contributed by atoms with Gasteiger partial charge in [-0.15, -0.1) is 0 Å². The third kappa shape index (κ3) is 4.17. The number of carbonyl (C=O) groups excluding carboxylic acids is 1. The molecule has 3 aromatic rings. The minimum Gasteiger partial charge on any atom is -0.368 e. The molecule has 2 aliphatic rings. The van der Waals surface area contributed by atoms with E-state index in [1.54, 1.807) is 0 Å². The molecule has 5 rings (SSSR count). The minimum absolute atomic E-state index is 0.103. The number of rotatable bonds is 4. The standard InChI is InChI=1S/C25H31N5O/c1-27-23-12-6-5-11-22(23)26-24(27)19-28-13-7-8-20(18-28)25(31)30-16-14-29(15-17-30)21-9-3-2-4-10-21/h2-6,9-12,20H,7-8,13-19H2,1H3/t20-/m1/s1. The number of likely N-dealkylation sites (tertiary alicyclic amines) is 1. The van der Waals surface area contributed by atoms with E-state index in [2.05, 4.69) is 68.8 Å². The van der Waals surface area contributed by atoms with Gasteiger partial charge in [-0.1, -0.05) is 30.3 Å². The van der Waals surface area contributed by atoms with E-state index >= 15 is 0 Å². The third-order valence-electron chi connectivity index (χ3n) is 6.81. The van der Waals surface area contributed by atoms with E-state index in [0.29, 0.717) is 5.91 Å². The van der Waals surface area contributed by atoms with Crippen molar-refractivity contribution < 1.29 is 4.79 Å². The number of nitrogens with zero attached hydrogens (tertiary/aromatic N) is 5. The molecule has 0 radical (unpaired) electrons. The first kappa shape index (κ1) is 20.1. The van der Waals surface area contributed by atoms with E-state index in [1.807, 2.05) is 12.1 Å². The first-order valence-electron chi connectivity index (χ1n) is 11.4. The number of imidazole rings is 1. The number of hydrogen-bond donors (Lipinski definition) is 0. The normalized spacial score (nSPS) is 20.4. The first-order valence-corrected chi connectivity index (χ1v) is 11.4. The predicted molar refractivity (Wildman–Crippen MR) is 124 cm³/mol. The van der Waals surface area contributed by atoms with Crippen LogP contribution in [0.25, 0.3) is 11.0 Å². The monoisotopic (exact) mass is 417 g/mol. The average Bonchev–Trinajstić information content (AvgIpc) is 3.15. The molecule has 2 fully saturated rings. The van der Waals surface area contributed by atoms with Crippen molar-refractivity contribution in [2.45, 2.75) is 19.4 Å². The molecule has 162 valence electrons. The Hall–Kier alpha value is -2.86. The van der Waals surface area contributed by atoms with Crippen LogP contribution in [0, 0.1) is 5.92 Å². The van der Waals surface area contributed by atoms with Gasteiger partial charge in [-0.3, -0.25) is 9.69 Å². The molecule has 2 aliphatic heterocycles. The number of amides is 1. The maximum atomic E-state index is 13.3. The van der Waals surface area contributed by atoms with Gasteiger partial charge in [0.15, 0.2) is 0 Å². The molecule has 1 aromatic heterocycles. The molecule has 2 saturated heterocycles. The van der Waals surface area contributed by atoms with E-state index in [1.165, 1.54) is 11.2 Å². The molecular weight excluding hydrogens is 386 g/mol. The largest absolute Gasteiger partial charge is 0.368 e. The van der Waals surface area contributed by atoms with Gasteiger partial charge in [0, 0.05) is 45.5 Å². The van der Waals surface area contributed by atoms with E-state index in [0.717, 1.165) is 70.0 Å². The van der Waals surface area contributed by atoms with Crippen LogP contribution in [0.15, 0.2) is 54.6 Å². The topological polar surface area (TPSA) is 44.6 Å². The summed E-state index contributed by atoms with van der Waals surface area (Å²) in [6, 6.07) is 18.8. The van der Waals surface area contributed by atoms with Crippen molar-refractivity contribution in [3.05, 3.63) is 60.4 Å². The van der Waals surface area contributed by atoms with Crippen molar-refractivity contribution in [1.82, 2.24) is 19.4 Å². The molecule has 6 nitrogen and oxygen atoms in total. The maximum absolute atomic E-state index is 13.3. The summed E-state index contributed by atoms with van der Waals surface area (Å²) in [4.78, 5) is 25.0. The molecule has 1 atom stereocenters. The van der Waals surface area contributed by atoms with Crippen molar-refractivity contribution in [1.29, 1.82) is 0 Å². The maximum Gasteiger partial charge on any atom is 0.227 e. The quantitative estimate of drug-likeness (QED) is 0.654. The Morgan fingerprint density at radius 1 is 0.968 bits per heavy atom. The van der Waals surface area contributed by atoms with E-state index < -0.39 is 0 Å². The number of carbonyl (C=O) groups is 1. The summed E-state index contributed by atoms with van der Waals surface area (Å²) < 4.78 is 2.18. The lowest BCUT2D eigenvalue weighted by atomic mass is 9.96. The summed E-state index contributed by atoms with van der Waals surface area (Å²) in [6.07, 6.45) is 2.07. The minimum atomic E-state index is 0.103. The molecule has 1 amide bonds. The van der Waals surface area contributed by atoms with Crippen LogP contribution in [0.1, 0.15) is 18.7 Å². The molecule has 2 aromatic carbocycles. The van der Waals surface area contributed by atoms with Crippen LogP contribution in [0.5, 0.6) is 0 Å². The second kappa shape index (κ2) is 8.71. The van der Waals surface area contributed by atoms with Crippen LogP contribution >= 0.6 is 0 Å². The lowest BCUT2D eigenvalue weighted by Gasteiger charge is -2.39. The zero-order valence-corrected chi connectivity index (χ0v) is 18.3. The van der Waals surface area contributed by atoms with Crippen molar-refractivity contribution in [3.63, 3.8) is 0 Å². The number of fused-ring (bicyclic) bond motifs is 1. The molecule has 0 spiro atoms. The fourth-order valence-electron chi connectivity index (χ4n) is 5.02. The van der Waals surface area contributed by atoms with Crippen LogP contribution in [0.4, 0.5) is 5.69 Å². The van der Waals surface area contributed by atoms with Gasteiger partial charge in [-0.05, 0) is 43.7 Å². The number of benzene rings is 2. The van der Waals surface area contributed by atoms with Gasteiger partial charge in [-0.25, -0.2) is 4.98 Å². The molecule has 6 heteroatoms. The van der Waals surface area contributed by atoms with Crippen LogP contribution in [0.2, 0.25) is 0 Å². The average molecular weight is 418 g/mol. The number of piperidine rings is 1. The molecule has 0 saturated carbocycles. The van der Waals surface area contributed by atoms with E-state index in [9.17, 15) is 4.79 Å². The summed E-state index contributed by atoms with van der Waals surface area (Å²) in [5, 5.41) is 0. The molecule has 0 bridgehead atoms. The van der Waals surface area contributed by atoms with Gasteiger partial charge in [0.1, 0.15) is 5.82 Å². The highest BCUT2D eigenvalue weighted by atomic mass is 16.2. The summed E-state index contributed by atoms with van der Waals surface area (Å²) in [6.45, 7) is 6.12. The van der Waals surface area contributed by atoms with Crippen molar-refractivity contribution in [2.75, 3.05) is 44.2 Å². The molecule has 3 heterocycles. The highest BCUT2D eigenvalue weighted by Gasteiger charge is 2.31. The number of anilines is 1. The lowest BCUT2D eigenvalue weighted by Crippen LogP contribution is -2.52. The Balaban J connectivity index is 1.19. The van der Waals surface area contributed by atoms with Gasteiger partial charge in [0.2, 0.25) is 5.91 Å². The highest BCUT2D eigenvalue weighted by Crippen LogP contribution is 2.23. The Labute approximate surface area is 184 Å². The predicted octanol–water partition coefficient (Wildman–Crippen LogP) is 3.13. The van der Waals surface area contributed by atoms with Crippen LogP contribution in [-0.2, 0) is 18.4 Å². The van der Waals surface area contributed by atoms with Crippen LogP contribution in [0.3, 0.4) is 0 Å². The van der Waals surface area contributed by atoms with Gasteiger partial charge < -0.3 is 14.4 Å². The summed E-state index contributed by atoms with van der Waals surface area (Å²) in [7, 11) is 2.09. The smallest absolute Gasteiger partial charge is 0.227 e. The summed E-state index contributed by atoms with van der Waals surface area (Å²) in [5.74, 6) is 1.51. The Kier molecular flexibility index (Phi) is 5.64. The van der Waals surface area contributed by atoms with E-state index in [4.69, 9.17) is 4.98 Å². The number of hydrogen-bond acceptors (Lipinski definition) is 4.